The van der Waals surface area contributed by atoms with Gasteiger partial charge in [0.2, 0.25) is 0 Å². The highest BCUT2D eigenvalue weighted by atomic mass is 16.5. The minimum atomic E-state index is -0.618. The van der Waals surface area contributed by atoms with Crippen molar-refractivity contribution in [3.05, 3.63) is 35.4 Å². The van der Waals surface area contributed by atoms with Crippen molar-refractivity contribution in [3.63, 3.8) is 0 Å². The van der Waals surface area contributed by atoms with E-state index in [1.165, 1.54) is 6.26 Å². The first-order valence-corrected chi connectivity index (χ1v) is 5.62. The molecule has 1 aliphatic rings. The summed E-state index contributed by atoms with van der Waals surface area (Å²) < 4.78 is 10.2. The Labute approximate surface area is 104 Å². The number of amides is 2. The molecular weight excluding hydrogens is 236 g/mol. The molecule has 0 saturated carbocycles. The molecule has 18 heavy (non-hydrogen) atoms. The molecule has 1 unspecified atom stereocenters. The van der Waals surface area contributed by atoms with E-state index in [1.807, 2.05) is 0 Å². The summed E-state index contributed by atoms with van der Waals surface area (Å²) >= 11 is 0. The topological polar surface area (TPSA) is 80.6 Å². The van der Waals surface area contributed by atoms with Crippen molar-refractivity contribution in [2.75, 3.05) is 6.61 Å². The van der Waals surface area contributed by atoms with E-state index in [0.29, 0.717) is 17.0 Å². The van der Waals surface area contributed by atoms with Gasteiger partial charge in [-0.05, 0) is 26.0 Å². The fourth-order valence-electron chi connectivity index (χ4n) is 1.84. The first-order chi connectivity index (χ1) is 8.63. The van der Waals surface area contributed by atoms with Crippen LogP contribution in [0.25, 0.3) is 0 Å². The Morgan fingerprint density at radius 1 is 1.56 bits per heavy atom. The molecule has 1 atom stereocenters. The third-order valence-electron chi connectivity index (χ3n) is 2.59. The second kappa shape index (κ2) is 4.95. The summed E-state index contributed by atoms with van der Waals surface area (Å²) in [7, 11) is 0. The van der Waals surface area contributed by atoms with Gasteiger partial charge >= 0.3 is 12.0 Å². The van der Waals surface area contributed by atoms with Gasteiger partial charge in [-0.3, -0.25) is 0 Å². The van der Waals surface area contributed by atoms with E-state index < -0.39 is 12.0 Å². The maximum atomic E-state index is 11.9. The van der Waals surface area contributed by atoms with Crippen molar-refractivity contribution < 1.29 is 18.7 Å². The molecule has 0 fully saturated rings. The van der Waals surface area contributed by atoms with Crippen molar-refractivity contribution >= 4 is 12.0 Å². The predicted octanol–water partition coefficient (Wildman–Crippen LogP) is 1.47. The molecule has 1 aromatic rings. The van der Waals surface area contributed by atoms with Crippen molar-refractivity contribution in [3.8, 4) is 0 Å². The first kappa shape index (κ1) is 12.2. The smallest absolute Gasteiger partial charge is 0.338 e. The predicted molar refractivity (Wildman–Crippen MR) is 62.4 cm³/mol. The van der Waals surface area contributed by atoms with Crippen molar-refractivity contribution in [1.82, 2.24) is 10.6 Å². The number of carbonyl (C=O) groups is 2. The molecule has 2 N–H and O–H groups in total. The van der Waals surface area contributed by atoms with Crippen molar-refractivity contribution in [2.24, 2.45) is 0 Å². The molecule has 2 rings (SSSR count). The largest absolute Gasteiger partial charge is 0.467 e. The van der Waals surface area contributed by atoms with E-state index in [4.69, 9.17) is 9.15 Å². The third-order valence-corrected chi connectivity index (χ3v) is 2.59. The number of furan rings is 1. The van der Waals surface area contributed by atoms with E-state index >= 15 is 0 Å². The van der Waals surface area contributed by atoms with Crippen LogP contribution < -0.4 is 10.6 Å². The highest BCUT2D eigenvalue weighted by Crippen LogP contribution is 2.27. The van der Waals surface area contributed by atoms with E-state index in [0.717, 1.165) is 0 Å². The molecular formula is C12H14N2O4. The summed E-state index contributed by atoms with van der Waals surface area (Å²) in [5, 5.41) is 5.18. The second-order valence-electron chi connectivity index (χ2n) is 3.81. The van der Waals surface area contributed by atoms with Crippen LogP contribution >= 0.6 is 0 Å². The molecule has 0 aromatic carbocycles. The number of ether oxygens (including phenoxy) is 1. The number of nitrogens with one attached hydrogen (secondary N) is 2. The molecule has 96 valence electrons. The monoisotopic (exact) mass is 250 g/mol. The average Bonchev–Trinajstić information content (AvgIpc) is 2.81. The Bertz CT molecular complexity index is 490. The molecule has 0 bridgehead atoms. The summed E-state index contributed by atoms with van der Waals surface area (Å²) in [5.41, 5.74) is 0.824. The van der Waals surface area contributed by atoms with Crippen LogP contribution in [0.1, 0.15) is 25.6 Å². The van der Waals surface area contributed by atoms with Crippen LogP contribution in [0.5, 0.6) is 0 Å². The normalized spacial score (nSPS) is 19.2. The molecule has 2 amide bonds. The molecule has 6 heteroatoms. The maximum Gasteiger partial charge on any atom is 0.338 e. The van der Waals surface area contributed by atoms with Gasteiger partial charge in [0, 0.05) is 5.70 Å². The molecule has 0 spiro atoms. The number of carbonyl (C=O) groups excluding carboxylic acids is 2. The van der Waals surface area contributed by atoms with Crippen LogP contribution in [0, 0.1) is 0 Å². The zero-order valence-electron chi connectivity index (χ0n) is 10.1. The lowest BCUT2D eigenvalue weighted by molar-refractivity contribution is -0.139. The van der Waals surface area contributed by atoms with Gasteiger partial charge < -0.3 is 19.8 Å². The Balaban J connectivity index is 2.38. The van der Waals surface area contributed by atoms with Crippen molar-refractivity contribution in [2.45, 2.75) is 19.9 Å². The number of rotatable bonds is 3. The van der Waals surface area contributed by atoms with E-state index in [9.17, 15) is 9.59 Å². The zero-order chi connectivity index (χ0) is 13.1. The van der Waals surface area contributed by atoms with Gasteiger partial charge in [-0.2, -0.15) is 0 Å². The summed E-state index contributed by atoms with van der Waals surface area (Å²) in [6.07, 6.45) is 1.49. The van der Waals surface area contributed by atoms with Crippen LogP contribution in [0.15, 0.2) is 34.1 Å². The van der Waals surface area contributed by atoms with Gasteiger partial charge in [0.05, 0.1) is 18.4 Å². The molecule has 1 aliphatic heterocycles. The van der Waals surface area contributed by atoms with Crippen molar-refractivity contribution in [1.29, 1.82) is 0 Å². The van der Waals surface area contributed by atoms with Crippen LogP contribution in [0.4, 0.5) is 4.79 Å². The van der Waals surface area contributed by atoms with Gasteiger partial charge in [-0.1, -0.05) is 0 Å². The summed E-state index contributed by atoms with van der Waals surface area (Å²) in [4.78, 5) is 23.4. The van der Waals surface area contributed by atoms with E-state index in [2.05, 4.69) is 10.6 Å². The number of hydrogen-bond donors (Lipinski definition) is 2. The first-order valence-electron chi connectivity index (χ1n) is 5.62. The van der Waals surface area contributed by atoms with Gasteiger partial charge in [0.25, 0.3) is 0 Å². The molecule has 0 radical (unpaired) electrons. The van der Waals surface area contributed by atoms with Gasteiger partial charge in [0.1, 0.15) is 11.8 Å². The minimum Gasteiger partial charge on any atom is -0.467 e. The number of hydrogen-bond acceptors (Lipinski definition) is 4. The lowest BCUT2D eigenvalue weighted by Gasteiger charge is -2.26. The highest BCUT2D eigenvalue weighted by Gasteiger charge is 2.33. The van der Waals surface area contributed by atoms with Gasteiger partial charge in [-0.25, -0.2) is 9.59 Å². The van der Waals surface area contributed by atoms with Crippen LogP contribution in [-0.2, 0) is 9.53 Å². The van der Waals surface area contributed by atoms with Crippen LogP contribution in [0.2, 0.25) is 0 Å². The summed E-state index contributed by atoms with van der Waals surface area (Å²) in [6, 6.07) is 2.40. The van der Waals surface area contributed by atoms with E-state index in [-0.39, 0.29) is 12.6 Å². The number of esters is 1. The fourth-order valence-corrected chi connectivity index (χ4v) is 1.84. The average molecular weight is 250 g/mol. The minimum absolute atomic E-state index is 0.272. The zero-order valence-corrected chi connectivity index (χ0v) is 10.1. The Morgan fingerprint density at radius 3 is 2.94 bits per heavy atom. The molecule has 1 aromatic heterocycles. The van der Waals surface area contributed by atoms with Gasteiger partial charge in [0.15, 0.2) is 0 Å². The maximum absolute atomic E-state index is 11.9. The Morgan fingerprint density at radius 2 is 2.33 bits per heavy atom. The summed E-state index contributed by atoms with van der Waals surface area (Å²) in [5.74, 6) is 0.0242. The summed E-state index contributed by atoms with van der Waals surface area (Å²) in [6.45, 7) is 3.65. The fraction of sp³-hybridized carbons (Fsp3) is 0.333. The second-order valence-corrected chi connectivity index (χ2v) is 3.81. The number of allylic oxidation sites excluding steroid dienone is 1. The SMILES string of the molecule is CCOC(=O)C1=C(C)NC(=O)NC1c1ccco1. The van der Waals surface area contributed by atoms with Crippen LogP contribution in [0.3, 0.4) is 0 Å². The Kier molecular flexibility index (Phi) is 3.36. The standard InChI is InChI=1S/C12H14N2O4/c1-3-17-11(15)9-7(2)13-12(16)14-10(9)8-5-4-6-18-8/h4-6,10H,3H2,1-2H3,(H2,13,14,16). The quantitative estimate of drug-likeness (QED) is 0.796. The number of urea groups is 1. The lowest BCUT2D eigenvalue weighted by atomic mass is 10.0. The van der Waals surface area contributed by atoms with Crippen LogP contribution in [-0.4, -0.2) is 18.6 Å². The van der Waals surface area contributed by atoms with E-state index in [1.54, 1.807) is 26.0 Å². The molecule has 6 nitrogen and oxygen atoms in total. The lowest BCUT2D eigenvalue weighted by Crippen LogP contribution is -2.45. The molecule has 0 aliphatic carbocycles. The molecule has 2 heterocycles. The highest BCUT2D eigenvalue weighted by molar-refractivity contribution is 5.94. The van der Waals surface area contributed by atoms with Gasteiger partial charge in [-0.15, -0.1) is 0 Å². The third kappa shape index (κ3) is 2.22. The molecule has 0 saturated heterocycles. The Hall–Kier alpha value is -2.24.